The molecule has 5 nitrogen and oxygen atoms in total. The Morgan fingerprint density at radius 2 is 1.75 bits per heavy atom. The number of carboxylic acid groups (broad SMARTS) is 1. The van der Waals surface area contributed by atoms with E-state index in [1.165, 1.54) is 38.5 Å². The fourth-order valence-electron chi connectivity index (χ4n) is 2.98. The van der Waals surface area contributed by atoms with Crippen LogP contribution in [0.2, 0.25) is 0 Å². The van der Waals surface area contributed by atoms with Gasteiger partial charge in [-0.15, -0.1) is 0 Å². The number of nitrogens with one attached hydrogen (secondary N) is 2. The largest absolute Gasteiger partial charge is 0.481 e. The number of hydrogen-bond acceptors (Lipinski definition) is 2. The number of carbonyl (C=O) groups is 2. The van der Waals surface area contributed by atoms with Gasteiger partial charge in [0, 0.05) is 12.1 Å². The minimum Gasteiger partial charge on any atom is -0.481 e. The van der Waals surface area contributed by atoms with E-state index in [2.05, 4.69) is 10.6 Å². The summed E-state index contributed by atoms with van der Waals surface area (Å²) >= 11 is 0. The topological polar surface area (TPSA) is 78.4 Å². The number of urea groups is 1. The van der Waals surface area contributed by atoms with E-state index < -0.39 is 5.97 Å². The van der Waals surface area contributed by atoms with Gasteiger partial charge in [0.2, 0.25) is 0 Å². The van der Waals surface area contributed by atoms with Gasteiger partial charge in [-0.05, 0) is 26.2 Å². The Morgan fingerprint density at radius 1 is 1.15 bits per heavy atom. The molecule has 0 atom stereocenters. The molecule has 1 fully saturated rings. The molecule has 0 radical (unpaired) electrons. The highest BCUT2D eigenvalue weighted by Gasteiger charge is 2.25. The zero-order valence-electron chi connectivity index (χ0n) is 12.7. The van der Waals surface area contributed by atoms with Crippen molar-refractivity contribution in [2.24, 2.45) is 5.92 Å². The quantitative estimate of drug-likeness (QED) is 0.656. The molecule has 0 aromatic heterocycles. The van der Waals surface area contributed by atoms with E-state index in [0.717, 1.165) is 6.42 Å². The van der Waals surface area contributed by atoms with Gasteiger partial charge in [-0.25, -0.2) is 4.79 Å². The van der Waals surface area contributed by atoms with Gasteiger partial charge in [-0.2, -0.15) is 0 Å². The molecule has 1 aliphatic rings. The summed E-state index contributed by atoms with van der Waals surface area (Å²) in [6.07, 6.45) is 8.71. The van der Waals surface area contributed by atoms with Gasteiger partial charge >= 0.3 is 12.0 Å². The van der Waals surface area contributed by atoms with Crippen molar-refractivity contribution < 1.29 is 14.7 Å². The lowest BCUT2D eigenvalue weighted by Gasteiger charge is -2.30. The van der Waals surface area contributed by atoms with Gasteiger partial charge in [0.05, 0.1) is 6.42 Å². The van der Waals surface area contributed by atoms with E-state index >= 15 is 0 Å². The van der Waals surface area contributed by atoms with Crippen molar-refractivity contribution in [2.75, 3.05) is 6.54 Å². The number of carbonyl (C=O) groups excluding carboxylic acids is 1. The summed E-state index contributed by atoms with van der Waals surface area (Å²) in [5.74, 6) is -0.213. The molecule has 0 bridgehead atoms. The first-order chi connectivity index (χ1) is 9.39. The molecule has 0 aromatic rings. The molecule has 20 heavy (non-hydrogen) atoms. The first-order valence-electron chi connectivity index (χ1n) is 7.67. The van der Waals surface area contributed by atoms with Gasteiger partial charge in [-0.3, -0.25) is 4.79 Å². The molecule has 2 amide bonds. The molecule has 5 heteroatoms. The molecular formula is C15H28N2O3. The Bertz CT molecular complexity index is 321. The van der Waals surface area contributed by atoms with Gasteiger partial charge in [0.25, 0.3) is 0 Å². The van der Waals surface area contributed by atoms with Gasteiger partial charge in [-0.1, -0.05) is 38.5 Å². The molecule has 1 saturated carbocycles. The van der Waals surface area contributed by atoms with Crippen molar-refractivity contribution >= 4 is 12.0 Å². The highest BCUT2D eigenvalue weighted by Crippen LogP contribution is 2.29. The van der Waals surface area contributed by atoms with Crippen LogP contribution in [0, 0.1) is 5.92 Å². The average Bonchev–Trinajstić information content (AvgIpc) is 2.55. The third kappa shape index (κ3) is 7.36. The normalized spacial score (nSPS) is 17.3. The minimum atomic E-state index is -0.900. The zero-order valence-corrected chi connectivity index (χ0v) is 12.7. The van der Waals surface area contributed by atoms with E-state index in [1.54, 1.807) is 0 Å². The molecule has 0 heterocycles. The predicted octanol–water partition coefficient (Wildman–Crippen LogP) is 2.90. The monoisotopic (exact) mass is 284 g/mol. The lowest BCUT2D eigenvalue weighted by Crippen LogP contribution is -2.49. The maximum atomic E-state index is 11.7. The smallest absolute Gasteiger partial charge is 0.315 e. The summed E-state index contributed by atoms with van der Waals surface area (Å²) in [6.45, 7) is 4.24. The van der Waals surface area contributed by atoms with E-state index in [9.17, 15) is 9.59 Å². The van der Waals surface area contributed by atoms with Crippen LogP contribution in [0.3, 0.4) is 0 Å². The molecule has 0 unspecified atom stereocenters. The molecule has 1 aliphatic carbocycles. The second kappa shape index (κ2) is 8.12. The summed E-state index contributed by atoms with van der Waals surface area (Å²) in [6, 6.07) is -0.273. The Labute approximate surface area is 121 Å². The van der Waals surface area contributed by atoms with Crippen LogP contribution in [0.25, 0.3) is 0 Å². The predicted molar refractivity (Wildman–Crippen MR) is 78.7 cm³/mol. The number of aliphatic carboxylic acids is 1. The van der Waals surface area contributed by atoms with E-state index in [4.69, 9.17) is 5.11 Å². The standard InChI is InChI=1S/C15H28N2O3/c1-15(2,11-12-7-5-3-4-6-8-12)17-14(20)16-10-9-13(18)19/h12H,3-11H2,1-2H3,(H,18,19)(H2,16,17,20). The number of hydrogen-bond donors (Lipinski definition) is 3. The fourth-order valence-corrected chi connectivity index (χ4v) is 2.98. The Balaban J connectivity index is 2.31. The van der Waals surface area contributed by atoms with Crippen LogP contribution in [-0.2, 0) is 4.79 Å². The van der Waals surface area contributed by atoms with Crippen LogP contribution in [0.15, 0.2) is 0 Å². The minimum absolute atomic E-state index is 0.0452. The van der Waals surface area contributed by atoms with Crippen LogP contribution in [0.4, 0.5) is 4.79 Å². The SMILES string of the molecule is CC(C)(CC1CCCCCC1)NC(=O)NCCC(=O)O. The van der Waals surface area contributed by atoms with Crippen LogP contribution in [-0.4, -0.2) is 29.2 Å². The Hall–Kier alpha value is -1.26. The Morgan fingerprint density at radius 3 is 2.30 bits per heavy atom. The maximum absolute atomic E-state index is 11.7. The van der Waals surface area contributed by atoms with Crippen molar-refractivity contribution in [3.05, 3.63) is 0 Å². The van der Waals surface area contributed by atoms with Crippen LogP contribution >= 0.6 is 0 Å². The second-order valence-electron chi connectivity index (χ2n) is 6.47. The molecule has 3 N–H and O–H groups in total. The summed E-state index contributed by atoms with van der Waals surface area (Å²) < 4.78 is 0. The molecule has 0 spiro atoms. The highest BCUT2D eigenvalue weighted by molar-refractivity contribution is 5.75. The molecule has 0 aromatic carbocycles. The van der Waals surface area contributed by atoms with Crippen molar-refractivity contribution in [2.45, 2.75) is 70.8 Å². The van der Waals surface area contributed by atoms with Crippen molar-refractivity contribution in [1.82, 2.24) is 10.6 Å². The Kier molecular flexibility index (Phi) is 6.82. The molecule has 1 rings (SSSR count). The third-order valence-corrected chi connectivity index (χ3v) is 3.85. The van der Waals surface area contributed by atoms with Crippen molar-refractivity contribution in [3.63, 3.8) is 0 Å². The summed E-state index contributed by atoms with van der Waals surface area (Å²) in [7, 11) is 0. The van der Waals surface area contributed by atoms with Crippen molar-refractivity contribution in [1.29, 1.82) is 0 Å². The zero-order chi connectivity index (χ0) is 15.0. The van der Waals surface area contributed by atoms with Gasteiger partial charge < -0.3 is 15.7 Å². The first-order valence-corrected chi connectivity index (χ1v) is 7.67. The van der Waals surface area contributed by atoms with Crippen LogP contribution in [0.1, 0.15) is 65.2 Å². The van der Waals surface area contributed by atoms with E-state index in [0.29, 0.717) is 5.92 Å². The third-order valence-electron chi connectivity index (χ3n) is 3.85. The lowest BCUT2D eigenvalue weighted by atomic mass is 9.86. The van der Waals surface area contributed by atoms with Crippen molar-refractivity contribution in [3.8, 4) is 0 Å². The average molecular weight is 284 g/mol. The van der Waals surface area contributed by atoms with Crippen LogP contribution < -0.4 is 10.6 Å². The fraction of sp³-hybridized carbons (Fsp3) is 0.867. The van der Waals surface area contributed by atoms with Gasteiger partial charge in [0.15, 0.2) is 0 Å². The van der Waals surface area contributed by atoms with Gasteiger partial charge in [0.1, 0.15) is 0 Å². The highest BCUT2D eigenvalue weighted by atomic mass is 16.4. The summed E-state index contributed by atoms with van der Waals surface area (Å²) in [4.78, 5) is 22.1. The maximum Gasteiger partial charge on any atom is 0.315 e. The summed E-state index contributed by atoms with van der Waals surface area (Å²) in [5.41, 5.74) is -0.248. The van der Waals surface area contributed by atoms with E-state index in [-0.39, 0.29) is 24.5 Å². The van der Waals surface area contributed by atoms with E-state index in [1.807, 2.05) is 13.8 Å². The second-order valence-corrected chi connectivity index (χ2v) is 6.47. The molecule has 0 saturated heterocycles. The number of carboxylic acids is 1. The summed E-state index contributed by atoms with van der Waals surface area (Å²) in [5, 5.41) is 14.1. The number of amides is 2. The lowest BCUT2D eigenvalue weighted by molar-refractivity contribution is -0.136. The molecule has 116 valence electrons. The van der Waals surface area contributed by atoms with Crippen LogP contribution in [0.5, 0.6) is 0 Å². The molecule has 0 aliphatic heterocycles. The first kappa shape index (κ1) is 16.8. The molecular weight excluding hydrogens is 256 g/mol. The number of rotatable bonds is 6.